The predicted molar refractivity (Wildman–Crippen MR) is 74.7 cm³/mol. The second-order valence-corrected chi connectivity index (χ2v) is 5.27. The molecule has 0 saturated heterocycles. The number of ketones is 1. The number of aromatic nitrogens is 2. The lowest BCUT2D eigenvalue weighted by molar-refractivity contribution is 0.0991. The van der Waals surface area contributed by atoms with Crippen LogP contribution in [0, 0.1) is 5.82 Å². The lowest BCUT2D eigenvalue weighted by Gasteiger charge is -2.03. The molecule has 0 amide bonds. The van der Waals surface area contributed by atoms with E-state index >= 15 is 0 Å². The molecule has 19 heavy (non-hydrogen) atoms. The van der Waals surface area contributed by atoms with Gasteiger partial charge in [0.05, 0.1) is 11.3 Å². The topological polar surface area (TPSA) is 34.9 Å². The molecule has 0 atom stereocenters. The van der Waals surface area contributed by atoms with Crippen LogP contribution in [0.4, 0.5) is 4.39 Å². The van der Waals surface area contributed by atoms with Crippen LogP contribution in [0.2, 0.25) is 0 Å². The molecule has 0 aliphatic carbocycles. The lowest BCUT2D eigenvalue weighted by Crippen LogP contribution is -2.07. The largest absolute Gasteiger partial charge is 0.294 e. The van der Waals surface area contributed by atoms with Crippen LogP contribution in [0.5, 0.6) is 0 Å². The Labute approximate surface area is 119 Å². The van der Waals surface area contributed by atoms with Gasteiger partial charge >= 0.3 is 0 Å². The van der Waals surface area contributed by atoms with Crippen molar-refractivity contribution < 1.29 is 9.18 Å². The smallest absolute Gasteiger partial charge is 0.170 e. The van der Waals surface area contributed by atoms with Crippen LogP contribution in [0.25, 0.3) is 0 Å². The van der Waals surface area contributed by atoms with E-state index in [0.717, 1.165) is 10.2 Å². The molecule has 0 radical (unpaired) electrons. The minimum atomic E-state index is -0.363. The van der Waals surface area contributed by atoms with Crippen molar-refractivity contribution in [1.29, 1.82) is 0 Å². The van der Waals surface area contributed by atoms with Gasteiger partial charge in [0.15, 0.2) is 5.78 Å². The van der Waals surface area contributed by atoms with Gasteiger partial charge in [-0.1, -0.05) is 22.9 Å². The molecule has 2 aromatic rings. The number of carbonyl (C=O) groups excluding carboxylic acids is 1. The summed E-state index contributed by atoms with van der Waals surface area (Å²) < 4.78 is 16.0. The number of carbonyl (C=O) groups is 1. The molecular formula is C14H14BrFN2O. The predicted octanol–water partition coefficient (Wildman–Crippen LogP) is 3.31. The molecular weight excluding hydrogens is 311 g/mol. The molecule has 0 N–H and O–H groups in total. The first kappa shape index (κ1) is 13.9. The Morgan fingerprint density at radius 2 is 2.21 bits per heavy atom. The highest BCUT2D eigenvalue weighted by molar-refractivity contribution is 9.10. The average Bonchev–Trinajstić information content (AvgIpc) is 2.75. The summed E-state index contributed by atoms with van der Waals surface area (Å²) in [7, 11) is 1.77. The summed E-state index contributed by atoms with van der Waals surface area (Å²) >= 11 is 3.28. The maximum atomic E-state index is 13.6. The van der Waals surface area contributed by atoms with E-state index in [-0.39, 0.29) is 18.0 Å². The highest BCUT2D eigenvalue weighted by atomic mass is 79.9. The van der Waals surface area contributed by atoms with E-state index in [1.54, 1.807) is 30.1 Å². The van der Waals surface area contributed by atoms with Gasteiger partial charge in [-0.15, -0.1) is 0 Å². The van der Waals surface area contributed by atoms with Crippen LogP contribution < -0.4 is 0 Å². The number of nitrogens with zero attached hydrogens (tertiary/aromatic N) is 2. The SMILES string of the molecule is CCc1nn(C)cc1C(=O)Cc1cc(Br)ccc1F. The Kier molecular flexibility index (Phi) is 4.14. The monoisotopic (exact) mass is 324 g/mol. The van der Waals surface area contributed by atoms with Crippen LogP contribution >= 0.6 is 15.9 Å². The van der Waals surface area contributed by atoms with Crippen molar-refractivity contribution in [3.05, 3.63) is 51.5 Å². The van der Waals surface area contributed by atoms with Crippen molar-refractivity contribution in [2.45, 2.75) is 19.8 Å². The van der Waals surface area contributed by atoms with E-state index in [1.165, 1.54) is 6.07 Å². The molecule has 1 heterocycles. The summed E-state index contributed by atoms with van der Waals surface area (Å²) in [4.78, 5) is 12.2. The fourth-order valence-corrected chi connectivity index (χ4v) is 2.38. The highest BCUT2D eigenvalue weighted by Gasteiger charge is 2.16. The molecule has 0 unspecified atom stereocenters. The van der Waals surface area contributed by atoms with Gasteiger partial charge in [0.2, 0.25) is 0 Å². The quantitative estimate of drug-likeness (QED) is 0.809. The van der Waals surface area contributed by atoms with E-state index < -0.39 is 0 Å². The van der Waals surface area contributed by atoms with E-state index in [2.05, 4.69) is 21.0 Å². The highest BCUT2D eigenvalue weighted by Crippen LogP contribution is 2.18. The van der Waals surface area contributed by atoms with Crippen LogP contribution in [0.1, 0.15) is 28.5 Å². The number of hydrogen-bond acceptors (Lipinski definition) is 2. The van der Waals surface area contributed by atoms with Gasteiger partial charge in [-0.3, -0.25) is 9.48 Å². The molecule has 3 nitrogen and oxygen atoms in total. The van der Waals surface area contributed by atoms with E-state index in [9.17, 15) is 9.18 Å². The van der Waals surface area contributed by atoms with Crippen molar-refractivity contribution in [2.24, 2.45) is 7.05 Å². The normalized spacial score (nSPS) is 10.7. The third-order valence-corrected chi connectivity index (χ3v) is 3.39. The Bertz CT molecular complexity index is 622. The fraction of sp³-hybridized carbons (Fsp3) is 0.286. The van der Waals surface area contributed by atoms with Crippen molar-refractivity contribution >= 4 is 21.7 Å². The van der Waals surface area contributed by atoms with E-state index in [1.807, 2.05) is 6.92 Å². The minimum absolute atomic E-state index is 0.0456. The first-order valence-electron chi connectivity index (χ1n) is 6.01. The summed E-state index contributed by atoms with van der Waals surface area (Å²) in [5.74, 6) is -0.472. The molecule has 0 aliphatic rings. The molecule has 1 aromatic carbocycles. The summed E-state index contributed by atoms with van der Waals surface area (Å²) in [5, 5.41) is 4.22. The number of rotatable bonds is 4. The van der Waals surface area contributed by atoms with Crippen molar-refractivity contribution in [1.82, 2.24) is 9.78 Å². The first-order valence-corrected chi connectivity index (χ1v) is 6.80. The van der Waals surface area contributed by atoms with Crippen LogP contribution in [0.15, 0.2) is 28.9 Å². The number of benzene rings is 1. The second kappa shape index (κ2) is 5.65. The maximum absolute atomic E-state index is 13.6. The van der Waals surface area contributed by atoms with Crippen molar-refractivity contribution in [2.75, 3.05) is 0 Å². The summed E-state index contributed by atoms with van der Waals surface area (Å²) in [6, 6.07) is 4.61. The lowest BCUT2D eigenvalue weighted by atomic mass is 10.0. The Hall–Kier alpha value is -1.49. The number of hydrogen-bond donors (Lipinski definition) is 0. The van der Waals surface area contributed by atoms with Crippen LogP contribution in [-0.2, 0) is 19.9 Å². The summed E-state index contributed by atoms with van der Waals surface area (Å²) in [6.07, 6.45) is 2.42. The molecule has 0 bridgehead atoms. The Morgan fingerprint density at radius 3 is 2.89 bits per heavy atom. The molecule has 2 rings (SSSR count). The van der Waals surface area contributed by atoms with Crippen LogP contribution in [0.3, 0.4) is 0 Å². The van der Waals surface area contributed by atoms with Crippen molar-refractivity contribution in [3.8, 4) is 0 Å². The fourth-order valence-electron chi connectivity index (χ4n) is 1.98. The van der Waals surface area contributed by atoms with Gasteiger partial charge in [-0.05, 0) is 30.2 Å². The Morgan fingerprint density at radius 1 is 1.47 bits per heavy atom. The average molecular weight is 325 g/mol. The molecule has 0 aliphatic heterocycles. The number of halogens is 2. The molecule has 1 aromatic heterocycles. The van der Waals surface area contributed by atoms with Gasteiger partial charge in [-0.25, -0.2) is 4.39 Å². The third-order valence-electron chi connectivity index (χ3n) is 2.90. The minimum Gasteiger partial charge on any atom is -0.294 e. The van der Waals surface area contributed by atoms with Gasteiger partial charge in [0, 0.05) is 24.1 Å². The first-order chi connectivity index (χ1) is 9.01. The van der Waals surface area contributed by atoms with Gasteiger partial charge in [-0.2, -0.15) is 5.10 Å². The van der Waals surface area contributed by atoms with Gasteiger partial charge in [0.1, 0.15) is 5.82 Å². The standard InChI is InChI=1S/C14H14BrFN2O/c1-3-13-11(8-18(2)17-13)14(19)7-9-6-10(15)4-5-12(9)16/h4-6,8H,3,7H2,1-2H3. The molecule has 5 heteroatoms. The molecule has 100 valence electrons. The van der Waals surface area contributed by atoms with Gasteiger partial charge in [0.25, 0.3) is 0 Å². The molecule has 0 spiro atoms. The van der Waals surface area contributed by atoms with E-state index in [4.69, 9.17) is 0 Å². The van der Waals surface area contributed by atoms with Crippen LogP contribution in [-0.4, -0.2) is 15.6 Å². The zero-order valence-electron chi connectivity index (χ0n) is 10.8. The van der Waals surface area contributed by atoms with Crippen molar-refractivity contribution in [3.63, 3.8) is 0 Å². The summed E-state index contributed by atoms with van der Waals surface area (Å²) in [6.45, 7) is 1.94. The maximum Gasteiger partial charge on any atom is 0.170 e. The number of aryl methyl sites for hydroxylation is 2. The van der Waals surface area contributed by atoms with Gasteiger partial charge < -0.3 is 0 Å². The second-order valence-electron chi connectivity index (χ2n) is 4.35. The zero-order valence-corrected chi connectivity index (χ0v) is 12.4. The zero-order chi connectivity index (χ0) is 14.0. The number of Topliss-reactive ketones (excluding diaryl/α,β-unsaturated/α-hetero) is 1. The molecule has 0 saturated carbocycles. The van der Waals surface area contributed by atoms with E-state index in [0.29, 0.717) is 17.5 Å². The molecule has 0 fully saturated rings. The Balaban J connectivity index is 2.27. The summed E-state index contributed by atoms with van der Waals surface area (Å²) in [5.41, 5.74) is 1.72. The third kappa shape index (κ3) is 3.10.